The highest BCUT2D eigenvalue weighted by Crippen LogP contribution is 2.40. The fraction of sp³-hybridized carbons (Fsp3) is 0.167. The Hall–Kier alpha value is -3.51. The van der Waals surface area contributed by atoms with Crippen molar-refractivity contribution in [1.82, 2.24) is 20.3 Å². The smallest absolute Gasteiger partial charge is 0.251 e. The minimum atomic E-state index is -0.236. The van der Waals surface area contributed by atoms with Gasteiger partial charge in [0.1, 0.15) is 5.82 Å². The van der Waals surface area contributed by atoms with Crippen LogP contribution in [0.15, 0.2) is 73.1 Å². The summed E-state index contributed by atoms with van der Waals surface area (Å²) in [5.74, 6) is 1.22. The Morgan fingerprint density at radius 1 is 1.03 bits per heavy atom. The lowest BCUT2D eigenvalue weighted by atomic mass is 10.1. The maximum absolute atomic E-state index is 12.5. The molecule has 154 valence electrons. The van der Waals surface area contributed by atoms with Crippen LogP contribution >= 0.6 is 11.6 Å². The van der Waals surface area contributed by atoms with Gasteiger partial charge in [-0.25, -0.2) is 9.97 Å². The summed E-state index contributed by atoms with van der Waals surface area (Å²) in [4.78, 5) is 26.1. The lowest BCUT2D eigenvalue weighted by molar-refractivity contribution is 0.0951. The highest BCUT2D eigenvalue weighted by molar-refractivity contribution is 6.31. The van der Waals surface area contributed by atoms with Crippen LogP contribution in [0, 0.1) is 0 Å². The van der Waals surface area contributed by atoms with E-state index in [0.717, 1.165) is 29.3 Å². The van der Waals surface area contributed by atoms with Gasteiger partial charge >= 0.3 is 0 Å². The average molecular weight is 430 g/mol. The fourth-order valence-electron chi connectivity index (χ4n) is 3.51. The highest BCUT2D eigenvalue weighted by atomic mass is 35.5. The first kappa shape index (κ1) is 19.5. The molecule has 0 radical (unpaired) electrons. The largest absolute Gasteiger partial charge is 0.362 e. The van der Waals surface area contributed by atoms with Gasteiger partial charge in [-0.3, -0.25) is 9.78 Å². The van der Waals surface area contributed by atoms with Crippen molar-refractivity contribution in [3.05, 3.63) is 83.6 Å². The minimum Gasteiger partial charge on any atom is -0.362 e. The fourth-order valence-corrected chi connectivity index (χ4v) is 3.68. The number of nitrogens with one attached hydrogen (secondary N) is 2. The summed E-state index contributed by atoms with van der Waals surface area (Å²) in [6.45, 7) is 0.509. The molecule has 6 nitrogen and oxygen atoms in total. The zero-order valence-corrected chi connectivity index (χ0v) is 17.4. The molecule has 2 heterocycles. The van der Waals surface area contributed by atoms with Crippen molar-refractivity contribution in [3.8, 4) is 11.4 Å². The number of carbonyl (C=O) groups is 1. The van der Waals surface area contributed by atoms with Crippen LogP contribution in [-0.2, 0) is 0 Å². The van der Waals surface area contributed by atoms with Crippen LogP contribution in [0.4, 0.5) is 5.82 Å². The number of halogens is 1. The second-order valence-corrected chi connectivity index (χ2v) is 8.19. The topological polar surface area (TPSA) is 79.8 Å². The summed E-state index contributed by atoms with van der Waals surface area (Å²) in [6.07, 6.45) is 5.35. The first-order valence-electron chi connectivity index (χ1n) is 10.1. The molecule has 2 aromatic carbocycles. The number of benzene rings is 2. The monoisotopic (exact) mass is 429 g/mol. The minimum absolute atomic E-state index is 0.0830. The van der Waals surface area contributed by atoms with Crippen molar-refractivity contribution in [2.75, 3.05) is 11.9 Å². The molecule has 1 aliphatic carbocycles. The third-order valence-corrected chi connectivity index (χ3v) is 5.67. The van der Waals surface area contributed by atoms with Crippen molar-refractivity contribution in [3.63, 3.8) is 0 Å². The van der Waals surface area contributed by atoms with Crippen LogP contribution < -0.4 is 10.6 Å². The summed E-state index contributed by atoms with van der Waals surface area (Å²) in [5.41, 5.74) is 2.05. The molecule has 0 bridgehead atoms. The molecule has 2 N–H and O–H groups in total. The van der Waals surface area contributed by atoms with E-state index in [1.165, 1.54) is 0 Å². The first-order valence-corrected chi connectivity index (χ1v) is 10.5. The molecule has 0 spiro atoms. The number of hydrogen-bond acceptors (Lipinski definition) is 5. The van der Waals surface area contributed by atoms with Crippen LogP contribution in [0.1, 0.15) is 23.2 Å². The Bertz CT molecular complexity index is 1240. The molecular weight excluding hydrogens is 410 g/mol. The maximum atomic E-state index is 12.5. The van der Waals surface area contributed by atoms with Crippen LogP contribution in [0.5, 0.6) is 0 Å². The number of fused-ring (bicyclic) bond motifs is 1. The zero-order valence-electron chi connectivity index (χ0n) is 16.7. The summed E-state index contributed by atoms with van der Waals surface area (Å²) >= 11 is 6.25. The lowest BCUT2D eigenvalue weighted by Gasteiger charge is -2.20. The van der Waals surface area contributed by atoms with Crippen molar-refractivity contribution < 1.29 is 4.79 Å². The third kappa shape index (κ3) is 4.20. The second-order valence-electron chi connectivity index (χ2n) is 7.75. The summed E-state index contributed by atoms with van der Waals surface area (Å²) in [6, 6.07) is 18.6. The third-order valence-electron chi connectivity index (χ3n) is 5.44. The molecule has 1 fully saturated rings. The van der Waals surface area contributed by atoms with E-state index < -0.39 is 0 Å². The number of aromatic nitrogens is 3. The van der Waals surface area contributed by atoms with Gasteiger partial charge < -0.3 is 10.6 Å². The molecule has 0 unspecified atom stereocenters. The average Bonchev–Trinajstić information content (AvgIpc) is 3.58. The summed E-state index contributed by atoms with van der Waals surface area (Å²) < 4.78 is 0. The van der Waals surface area contributed by atoms with Gasteiger partial charge in [-0.15, -0.1) is 0 Å². The standard InChI is InChI=1S/C24H20ClN5O/c25-18-8-9-20-19(13-18)22(29-21(28-20)17-7-4-12-26-14-17)30-24(10-11-24)15-27-23(31)16-5-2-1-3-6-16/h1-9,12-14H,10-11,15H2,(H,27,31)(H,28,29,30). The van der Waals surface area contributed by atoms with E-state index in [-0.39, 0.29) is 11.4 Å². The summed E-state index contributed by atoms with van der Waals surface area (Å²) in [5, 5.41) is 8.09. The number of rotatable bonds is 6. The highest BCUT2D eigenvalue weighted by Gasteiger charge is 2.43. The molecule has 7 heteroatoms. The molecule has 5 rings (SSSR count). The normalized spacial score (nSPS) is 14.2. The van der Waals surface area contributed by atoms with E-state index in [1.807, 2.05) is 60.7 Å². The number of nitrogens with zero attached hydrogens (tertiary/aromatic N) is 3. The van der Waals surface area contributed by atoms with Crippen molar-refractivity contribution >= 4 is 34.2 Å². The van der Waals surface area contributed by atoms with Crippen LogP contribution in [0.3, 0.4) is 0 Å². The van der Waals surface area contributed by atoms with Crippen molar-refractivity contribution in [1.29, 1.82) is 0 Å². The molecular formula is C24H20ClN5O. The Kier molecular flexibility index (Phi) is 5.00. The number of anilines is 1. The van der Waals surface area contributed by atoms with Gasteiger partial charge in [0.15, 0.2) is 5.82 Å². The van der Waals surface area contributed by atoms with Crippen molar-refractivity contribution in [2.24, 2.45) is 0 Å². The molecule has 0 aliphatic heterocycles. The van der Waals surface area contributed by atoms with Crippen LogP contribution in [0.25, 0.3) is 22.3 Å². The Morgan fingerprint density at radius 3 is 2.61 bits per heavy atom. The molecule has 4 aromatic rings. The number of carbonyl (C=O) groups excluding carboxylic acids is 1. The van der Waals surface area contributed by atoms with Crippen molar-refractivity contribution in [2.45, 2.75) is 18.4 Å². The predicted octanol–water partition coefficient (Wildman–Crippen LogP) is 4.72. The summed E-state index contributed by atoms with van der Waals surface area (Å²) in [7, 11) is 0. The quantitative estimate of drug-likeness (QED) is 0.463. The molecule has 1 aliphatic rings. The first-order chi connectivity index (χ1) is 15.1. The van der Waals surface area contributed by atoms with Gasteiger partial charge in [0.2, 0.25) is 0 Å². The maximum Gasteiger partial charge on any atom is 0.251 e. The van der Waals surface area contributed by atoms with Gasteiger partial charge in [-0.2, -0.15) is 0 Å². The Labute approximate surface area is 184 Å². The van der Waals surface area contributed by atoms with E-state index >= 15 is 0 Å². The van der Waals surface area contributed by atoms with E-state index in [9.17, 15) is 4.79 Å². The van der Waals surface area contributed by atoms with E-state index in [0.29, 0.717) is 28.8 Å². The number of amides is 1. The molecule has 1 amide bonds. The Balaban J connectivity index is 1.44. The van der Waals surface area contributed by atoms with Gasteiger partial charge in [0.25, 0.3) is 5.91 Å². The molecule has 2 aromatic heterocycles. The van der Waals surface area contributed by atoms with Gasteiger partial charge in [-0.05, 0) is 55.3 Å². The van der Waals surface area contributed by atoms with Gasteiger partial charge in [0.05, 0.1) is 11.1 Å². The predicted molar refractivity (Wildman–Crippen MR) is 122 cm³/mol. The molecule has 31 heavy (non-hydrogen) atoms. The zero-order chi connectivity index (χ0) is 21.3. The molecule has 1 saturated carbocycles. The van der Waals surface area contributed by atoms with E-state index in [4.69, 9.17) is 21.6 Å². The van der Waals surface area contributed by atoms with E-state index in [2.05, 4.69) is 15.6 Å². The van der Waals surface area contributed by atoms with E-state index in [1.54, 1.807) is 12.4 Å². The SMILES string of the molecule is O=C(NCC1(Nc2nc(-c3cccnc3)nc3ccc(Cl)cc23)CC1)c1ccccc1. The van der Waals surface area contributed by atoms with Gasteiger partial charge in [0, 0.05) is 40.5 Å². The second kappa shape index (κ2) is 7.96. The molecule has 0 saturated heterocycles. The van der Waals surface area contributed by atoms with Crippen LogP contribution in [-0.4, -0.2) is 32.9 Å². The van der Waals surface area contributed by atoms with Gasteiger partial charge in [-0.1, -0.05) is 29.8 Å². The lowest BCUT2D eigenvalue weighted by Crippen LogP contribution is -2.38. The Morgan fingerprint density at radius 2 is 1.87 bits per heavy atom. The molecule has 0 atom stereocenters. The number of hydrogen-bond donors (Lipinski definition) is 2. The number of pyridine rings is 1. The van der Waals surface area contributed by atoms with Crippen LogP contribution in [0.2, 0.25) is 5.02 Å².